The van der Waals surface area contributed by atoms with E-state index in [0.717, 1.165) is 4.90 Å². The van der Waals surface area contributed by atoms with Crippen LogP contribution in [0.15, 0.2) is 0 Å². The molecule has 1 heterocycles. The van der Waals surface area contributed by atoms with E-state index < -0.39 is 12.1 Å². The lowest BCUT2D eigenvalue weighted by Crippen LogP contribution is -2.53. The number of piperazine rings is 1. The van der Waals surface area contributed by atoms with Crippen LogP contribution in [0.5, 0.6) is 0 Å². The van der Waals surface area contributed by atoms with E-state index in [1.807, 2.05) is 6.92 Å². The maximum absolute atomic E-state index is 12.1. The Bertz CT molecular complexity index is 296. The van der Waals surface area contributed by atoms with E-state index in [9.17, 15) is 22.8 Å². The number of hydrogen-bond acceptors (Lipinski definition) is 2. The number of carbonyl (C=O) groups is 2. The summed E-state index contributed by atoms with van der Waals surface area (Å²) < 4.78 is 36.4. The monoisotopic (exact) mass is 252 g/mol. The van der Waals surface area contributed by atoms with Crippen molar-refractivity contribution < 1.29 is 22.8 Å². The maximum atomic E-state index is 12.1. The number of nitrogens with zero attached hydrogens (tertiary/aromatic N) is 2. The van der Waals surface area contributed by atoms with E-state index >= 15 is 0 Å². The van der Waals surface area contributed by atoms with Crippen LogP contribution in [-0.2, 0) is 9.59 Å². The predicted molar refractivity (Wildman–Crippen MR) is 54.1 cm³/mol. The van der Waals surface area contributed by atoms with Gasteiger partial charge in [0.1, 0.15) is 0 Å². The Morgan fingerprint density at radius 2 is 1.53 bits per heavy atom. The molecule has 0 atom stereocenters. The predicted octanol–water partition coefficient (Wildman–Crippen LogP) is 1.02. The van der Waals surface area contributed by atoms with Gasteiger partial charge < -0.3 is 9.80 Å². The molecule has 0 unspecified atom stereocenters. The van der Waals surface area contributed by atoms with E-state index in [4.69, 9.17) is 0 Å². The van der Waals surface area contributed by atoms with Gasteiger partial charge in [-0.25, -0.2) is 0 Å². The van der Waals surface area contributed by atoms with Gasteiger partial charge in [0.25, 0.3) is 0 Å². The molecule has 1 aliphatic heterocycles. The van der Waals surface area contributed by atoms with Gasteiger partial charge in [0.15, 0.2) is 0 Å². The molecule has 0 aromatic carbocycles. The van der Waals surface area contributed by atoms with Gasteiger partial charge in [-0.15, -0.1) is 0 Å². The summed E-state index contributed by atoms with van der Waals surface area (Å²) in [6, 6.07) is 0. The van der Waals surface area contributed by atoms with Gasteiger partial charge in [-0.05, 0) is 6.42 Å². The lowest BCUT2D eigenvalue weighted by molar-refractivity contribution is -0.187. The smallest absolute Gasteiger partial charge is 0.339 e. The molecule has 4 nitrogen and oxygen atoms in total. The SMILES string of the molecule is CCCC(=O)N1CCN(C(=O)C(F)(F)F)CC1. The highest BCUT2D eigenvalue weighted by Gasteiger charge is 2.43. The van der Waals surface area contributed by atoms with Crippen LogP contribution in [0.25, 0.3) is 0 Å². The minimum Gasteiger partial charge on any atom is -0.339 e. The summed E-state index contributed by atoms with van der Waals surface area (Å²) >= 11 is 0. The van der Waals surface area contributed by atoms with Gasteiger partial charge in [0.2, 0.25) is 5.91 Å². The summed E-state index contributed by atoms with van der Waals surface area (Å²) in [4.78, 5) is 24.6. The average Bonchev–Trinajstić information content (AvgIpc) is 2.27. The number of halogens is 3. The number of alkyl halides is 3. The first-order valence-electron chi connectivity index (χ1n) is 5.50. The van der Waals surface area contributed by atoms with Crippen LogP contribution in [-0.4, -0.2) is 54.0 Å². The maximum Gasteiger partial charge on any atom is 0.471 e. The van der Waals surface area contributed by atoms with E-state index in [-0.39, 0.29) is 32.1 Å². The van der Waals surface area contributed by atoms with E-state index in [1.165, 1.54) is 4.90 Å². The fourth-order valence-corrected chi connectivity index (χ4v) is 1.71. The largest absolute Gasteiger partial charge is 0.471 e. The fraction of sp³-hybridized carbons (Fsp3) is 0.800. The molecule has 0 aliphatic carbocycles. The highest BCUT2D eigenvalue weighted by Crippen LogP contribution is 2.19. The van der Waals surface area contributed by atoms with E-state index in [2.05, 4.69) is 0 Å². The van der Waals surface area contributed by atoms with Crippen LogP contribution in [0.2, 0.25) is 0 Å². The van der Waals surface area contributed by atoms with Crippen molar-refractivity contribution in [3.8, 4) is 0 Å². The lowest BCUT2D eigenvalue weighted by Gasteiger charge is -2.35. The summed E-state index contributed by atoms with van der Waals surface area (Å²) in [5.74, 6) is -1.88. The van der Waals surface area contributed by atoms with Crippen molar-refractivity contribution >= 4 is 11.8 Å². The van der Waals surface area contributed by atoms with Gasteiger partial charge in [-0.2, -0.15) is 13.2 Å². The van der Waals surface area contributed by atoms with Crippen LogP contribution in [0, 0.1) is 0 Å². The van der Waals surface area contributed by atoms with Gasteiger partial charge in [-0.1, -0.05) is 6.92 Å². The third kappa shape index (κ3) is 3.61. The van der Waals surface area contributed by atoms with Crippen LogP contribution >= 0.6 is 0 Å². The third-order valence-electron chi connectivity index (χ3n) is 2.63. The number of amides is 2. The van der Waals surface area contributed by atoms with Gasteiger partial charge >= 0.3 is 12.1 Å². The molecule has 2 amide bonds. The molecule has 0 spiro atoms. The van der Waals surface area contributed by atoms with Crippen molar-refractivity contribution in [1.29, 1.82) is 0 Å². The Morgan fingerprint density at radius 3 is 1.94 bits per heavy atom. The molecule has 0 aromatic rings. The Labute approximate surface area is 97.4 Å². The molecule has 0 saturated carbocycles. The highest BCUT2D eigenvalue weighted by molar-refractivity contribution is 5.82. The quantitative estimate of drug-likeness (QED) is 0.736. The minimum atomic E-state index is -4.82. The molecule has 0 bridgehead atoms. The van der Waals surface area contributed by atoms with Gasteiger partial charge in [0, 0.05) is 32.6 Å². The molecule has 0 radical (unpaired) electrons. The Balaban J connectivity index is 2.46. The zero-order chi connectivity index (χ0) is 13.1. The molecular formula is C10H15F3N2O2. The number of hydrogen-bond donors (Lipinski definition) is 0. The zero-order valence-electron chi connectivity index (χ0n) is 9.59. The first-order valence-corrected chi connectivity index (χ1v) is 5.50. The van der Waals surface area contributed by atoms with Crippen molar-refractivity contribution in [1.82, 2.24) is 9.80 Å². The number of rotatable bonds is 2. The van der Waals surface area contributed by atoms with Crippen molar-refractivity contribution in [3.05, 3.63) is 0 Å². The van der Waals surface area contributed by atoms with Gasteiger partial charge in [-0.3, -0.25) is 9.59 Å². The fourth-order valence-electron chi connectivity index (χ4n) is 1.71. The Morgan fingerprint density at radius 1 is 1.06 bits per heavy atom. The summed E-state index contributed by atoms with van der Waals surface area (Å²) in [7, 11) is 0. The summed E-state index contributed by atoms with van der Waals surface area (Å²) in [6.07, 6.45) is -3.72. The van der Waals surface area contributed by atoms with E-state index in [0.29, 0.717) is 12.8 Å². The second-order valence-electron chi connectivity index (χ2n) is 3.92. The molecule has 1 aliphatic rings. The zero-order valence-corrected chi connectivity index (χ0v) is 9.59. The van der Waals surface area contributed by atoms with E-state index in [1.54, 1.807) is 0 Å². The second kappa shape index (κ2) is 5.37. The molecule has 0 aromatic heterocycles. The molecule has 98 valence electrons. The Kier molecular flexibility index (Phi) is 4.36. The first-order chi connectivity index (χ1) is 7.86. The van der Waals surface area contributed by atoms with Crippen LogP contribution in [0.3, 0.4) is 0 Å². The summed E-state index contributed by atoms with van der Waals surface area (Å²) in [6.45, 7) is 2.13. The van der Waals surface area contributed by atoms with Crippen LogP contribution < -0.4 is 0 Å². The number of carbonyl (C=O) groups excluding carboxylic acids is 2. The van der Waals surface area contributed by atoms with Crippen molar-refractivity contribution in [3.63, 3.8) is 0 Å². The summed E-state index contributed by atoms with van der Waals surface area (Å²) in [5.41, 5.74) is 0. The molecular weight excluding hydrogens is 237 g/mol. The normalized spacial score (nSPS) is 17.2. The molecule has 7 heteroatoms. The molecule has 1 saturated heterocycles. The Hall–Kier alpha value is -1.27. The molecule has 1 rings (SSSR count). The topological polar surface area (TPSA) is 40.6 Å². The third-order valence-corrected chi connectivity index (χ3v) is 2.63. The van der Waals surface area contributed by atoms with Gasteiger partial charge in [0.05, 0.1) is 0 Å². The second-order valence-corrected chi connectivity index (χ2v) is 3.92. The summed E-state index contributed by atoms with van der Waals surface area (Å²) in [5, 5.41) is 0. The minimum absolute atomic E-state index is 0.0478. The highest BCUT2D eigenvalue weighted by atomic mass is 19.4. The molecule has 17 heavy (non-hydrogen) atoms. The standard InChI is InChI=1S/C10H15F3N2O2/c1-2-3-8(16)14-4-6-15(7-5-14)9(17)10(11,12)13/h2-7H2,1H3. The first kappa shape index (κ1) is 13.8. The van der Waals surface area contributed by atoms with Crippen molar-refractivity contribution in [2.75, 3.05) is 26.2 Å². The molecule has 0 N–H and O–H groups in total. The van der Waals surface area contributed by atoms with Crippen molar-refractivity contribution in [2.45, 2.75) is 25.9 Å². The lowest BCUT2D eigenvalue weighted by atomic mass is 10.2. The van der Waals surface area contributed by atoms with Crippen LogP contribution in [0.1, 0.15) is 19.8 Å². The van der Waals surface area contributed by atoms with Crippen molar-refractivity contribution in [2.24, 2.45) is 0 Å². The van der Waals surface area contributed by atoms with Crippen LogP contribution in [0.4, 0.5) is 13.2 Å². The molecule has 1 fully saturated rings. The average molecular weight is 252 g/mol.